The van der Waals surface area contributed by atoms with Gasteiger partial charge in [-0.3, -0.25) is 0 Å². The summed E-state index contributed by atoms with van der Waals surface area (Å²) in [6, 6.07) is 0.220. The van der Waals surface area contributed by atoms with E-state index >= 15 is 0 Å². The fraction of sp³-hybridized carbons (Fsp3) is 0.929. The summed E-state index contributed by atoms with van der Waals surface area (Å²) in [6.45, 7) is 6.28. The zero-order chi connectivity index (χ0) is 14.1. The highest BCUT2D eigenvalue weighted by Gasteiger charge is 2.50. The minimum Gasteiger partial charge on any atom is -0.444 e. The van der Waals surface area contributed by atoms with Gasteiger partial charge < -0.3 is 15.8 Å². The Bertz CT molecular complexity index is 331. The Balaban J connectivity index is 1.80. The molecule has 0 bridgehead atoms. The van der Waals surface area contributed by atoms with Crippen LogP contribution in [0.2, 0.25) is 0 Å². The van der Waals surface area contributed by atoms with Crippen molar-refractivity contribution in [2.45, 2.75) is 51.7 Å². The van der Waals surface area contributed by atoms with Crippen molar-refractivity contribution in [3.63, 3.8) is 0 Å². The van der Waals surface area contributed by atoms with Gasteiger partial charge >= 0.3 is 6.09 Å². The summed E-state index contributed by atoms with van der Waals surface area (Å²) in [4.78, 5) is 11.7. The summed E-state index contributed by atoms with van der Waals surface area (Å²) in [5, 5.41) is 2.90. The molecule has 0 aromatic rings. The second kappa shape index (κ2) is 5.52. The van der Waals surface area contributed by atoms with Gasteiger partial charge in [0.05, 0.1) is 0 Å². The maximum absolute atomic E-state index is 11.7. The highest BCUT2D eigenvalue weighted by molar-refractivity contribution is 7.99. The van der Waals surface area contributed by atoms with E-state index in [1.165, 1.54) is 17.9 Å². The highest BCUT2D eigenvalue weighted by atomic mass is 32.2. The molecule has 110 valence electrons. The Morgan fingerprint density at radius 3 is 2.68 bits per heavy atom. The molecule has 1 amide bonds. The van der Waals surface area contributed by atoms with Crippen LogP contribution in [0.4, 0.5) is 4.79 Å². The van der Waals surface area contributed by atoms with E-state index in [1.807, 2.05) is 32.5 Å². The smallest absolute Gasteiger partial charge is 0.407 e. The first-order valence-electron chi connectivity index (χ1n) is 7.13. The number of hydrogen-bond acceptors (Lipinski definition) is 4. The fourth-order valence-electron chi connectivity index (χ4n) is 2.69. The minimum atomic E-state index is -0.439. The Hall–Kier alpha value is -0.420. The quantitative estimate of drug-likeness (QED) is 0.833. The average Bonchev–Trinajstić information content (AvgIpc) is 2.88. The molecular formula is C14H26N2O2S. The molecule has 0 aromatic carbocycles. The van der Waals surface area contributed by atoms with Gasteiger partial charge in [0.15, 0.2) is 0 Å². The van der Waals surface area contributed by atoms with Gasteiger partial charge in [-0.2, -0.15) is 11.8 Å². The van der Waals surface area contributed by atoms with E-state index in [4.69, 9.17) is 10.5 Å². The van der Waals surface area contributed by atoms with Gasteiger partial charge in [0.1, 0.15) is 5.60 Å². The van der Waals surface area contributed by atoms with Crippen molar-refractivity contribution < 1.29 is 9.53 Å². The molecule has 3 N–H and O–H groups in total. The van der Waals surface area contributed by atoms with Crippen LogP contribution in [0.3, 0.4) is 0 Å². The third-order valence-corrected chi connectivity index (χ3v) is 5.24. The molecule has 4 nitrogen and oxygen atoms in total. The topological polar surface area (TPSA) is 64.3 Å². The largest absolute Gasteiger partial charge is 0.444 e. The van der Waals surface area contributed by atoms with Gasteiger partial charge in [-0.05, 0) is 57.5 Å². The molecular weight excluding hydrogens is 260 g/mol. The van der Waals surface area contributed by atoms with Gasteiger partial charge in [0.25, 0.3) is 0 Å². The lowest BCUT2D eigenvalue weighted by molar-refractivity contribution is 0.0510. The predicted octanol–water partition coefficient (Wildman–Crippen LogP) is 2.37. The van der Waals surface area contributed by atoms with E-state index in [-0.39, 0.29) is 17.6 Å². The predicted molar refractivity (Wildman–Crippen MR) is 79.3 cm³/mol. The SMILES string of the molecule is CC(C)(C)OC(=O)NCC1(C(N)C2CCSC2)CC1. The third-order valence-electron chi connectivity index (χ3n) is 4.06. The summed E-state index contributed by atoms with van der Waals surface area (Å²) in [7, 11) is 0. The Kier molecular flexibility index (Phi) is 4.35. The van der Waals surface area contributed by atoms with E-state index < -0.39 is 5.60 Å². The van der Waals surface area contributed by atoms with Crippen molar-refractivity contribution in [3.05, 3.63) is 0 Å². The normalized spacial score (nSPS) is 26.8. The monoisotopic (exact) mass is 286 g/mol. The second-order valence-electron chi connectivity index (χ2n) is 6.87. The Morgan fingerprint density at radius 1 is 1.53 bits per heavy atom. The van der Waals surface area contributed by atoms with Crippen LogP contribution in [0.25, 0.3) is 0 Å². The van der Waals surface area contributed by atoms with Crippen LogP contribution in [0.5, 0.6) is 0 Å². The Morgan fingerprint density at radius 2 is 2.21 bits per heavy atom. The van der Waals surface area contributed by atoms with Crippen LogP contribution >= 0.6 is 11.8 Å². The molecule has 1 saturated heterocycles. The number of ether oxygens (including phenoxy) is 1. The van der Waals surface area contributed by atoms with Crippen LogP contribution < -0.4 is 11.1 Å². The molecule has 19 heavy (non-hydrogen) atoms. The molecule has 2 rings (SSSR count). The molecule has 0 radical (unpaired) electrons. The third kappa shape index (κ3) is 4.02. The molecule has 2 fully saturated rings. The van der Waals surface area contributed by atoms with E-state index in [1.54, 1.807) is 0 Å². The number of thioether (sulfide) groups is 1. The zero-order valence-electron chi connectivity index (χ0n) is 12.2. The number of nitrogens with one attached hydrogen (secondary N) is 1. The first-order chi connectivity index (χ1) is 8.82. The number of rotatable bonds is 4. The van der Waals surface area contributed by atoms with Crippen molar-refractivity contribution in [1.82, 2.24) is 5.32 Å². The number of carbonyl (C=O) groups excluding carboxylic acids is 1. The fourth-order valence-corrected chi connectivity index (χ4v) is 4.00. The van der Waals surface area contributed by atoms with Gasteiger partial charge in [-0.25, -0.2) is 4.79 Å². The molecule has 5 heteroatoms. The van der Waals surface area contributed by atoms with Gasteiger partial charge in [0, 0.05) is 18.0 Å². The van der Waals surface area contributed by atoms with E-state index in [0.29, 0.717) is 12.5 Å². The molecule has 0 aromatic heterocycles. The number of amides is 1. The zero-order valence-corrected chi connectivity index (χ0v) is 13.0. The van der Waals surface area contributed by atoms with Gasteiger partial charge in [0.2, 0.25) is 0 Å². The molecule has 2 aliphatic rings. The lowest BCUT2D eigenvalue weighted by Gasteiger charge is -2.29. The van der Waals surface area contributed by atoms with Crippen LogP contribution in [-0.2, 0) is 4.74 Å². The van der Waals surface area contributed by atoms with Crippen LogP contribution in [0.15, 0.2) is 0 Å². The molecule has 0 spiro atoms. The summed E-state index contributed by atoms with van der Waals surface area (Å²) < 4.78 is 5.27. The maximum Gasteiger partial charge on any atom is 0.407 e. The standard InChI is InChI=1S/C14H26N2O2S/c1-13(2,3)18-12(17)16-9-14(5-6-14)11(15)10-4-7-19-8-10/h10-11H,4-9,15H2,1-3H3,(H,16,17). The molecule has 1 aliphatic heterocycles. The lowest BCUT2D eigenvalue weighted by Crippen LogP contribution is -2.46. The first kappa shape index (κ1) is 15.0. The van der Waals surface area contributed by atoms with Crippen molar-refractivity contribution in [2.24, 2.45) is 17.1 Å². The van der Waals surface area contributed by atoms with Gasteiger partial charge in [-0.1, -0.05) is 0 Å². The van der Waals surface area contributed by atoms with Crippen molar-refractivity contribution in [3.8, 4) is 0 Å². The van der Waals surface area contributed by atoms with Crippen LogP contribution in [0.1, 0.15) is 40.0 Å². The van der Waals surface area contributed by atoms with Crippen molar-refractivity contribution >= 4 is 17.9 Å². The summed E-state index contributed by atoms with van der Waals surface area (Å²) in [6.07, 6.45) is 3.16. The van der Waals surface area contributed by atoms with Gasteiger partial charge in [-0.15, -0.1) is 0 Å². The second-order valence-corrected chi connectivity index (χ2v) is 8.02. The average molecular weight is 286 g/mol. The lowest BCUT2D eigenvalue weighted by atomic mass is 9.86. The summed E-state index contributed by atoms with van der Waals surface area (Å²) in [5.41, 5.74) is 6.12. The van der Waals surface area contributed by atoms with E-state index in [9.17, 15) is 4.79 Å². The van der Waals surface area contributed by atoms with Crippen LogP contribution in [-0.4, -0.2) is 35.8 Å². The number of carbonyl (C=O) groups is 1. The van der Waals surface area contributed by atoms with E-state index in [2.05, 4.69) is 5.32 Å². The maximum atomic E-state index is 11.7. The number of nitrogens with two attached hydrogens (primary N) is 1. The number of alkyl carbamates (subject to hydrolysis) is 1. The highest BCUT2D eigenvalue weighted by Crippen LogP contribution is 2.51. The molecule has 2 unspecified atom stereocenters. The molecule has 1 heterocycles. The Labute approximate surface area is 120 Å². The molecule has 2 atom stereocenters. The van der Waals surface area contributed by atoms with Crippen molar-refractivity contribution in [1.29, 1.82) is 0 Å². The minimum absolute atomic E-state index is 0.131. The summed E-state index contributed by atoms with van der Waals surface area (Å²) >= 11 is 1.99. The van der Waals surface area contributed by atoms with E-state index in [0.717, 1.165) is 12.8 Å². The number of hydrogen-bond donors (Lipinski definition) is 2. The van der Waals surface area contributed by atoms with Crippen molar-refractivity contribution in [2.75, 3.05) is 18.1 Å². The summed E-state index contributed by atoms with van der Waals surface area (Å²) in [5.74, 6) is 3.02. The molecule has 1 saturated carbocycles. The first-order valence-corrected chi connectivity index (χ1v) is 8.28. The molecule has 1 aliphatic carbocycles. The van der Waals surface area contributed by atoms with Crippen LogP contribution in [0, 0.1) is 11.3 Å².